The Morgan fingerprint density at radius 1 is 1.43 bits per heavy atom. The molecule has 0 aromatic heterocycles. The lowest BCUT2D eigenvalue weighted by atomic mass is 10.1. The summed E-state index contributed by atoms with van der Waals surface area (Å²) in [6.45, 7) is 0.699. The summed E-state index contributed by atoms with van der Waals surface area (Å²) in [5.41, 5.74) is 7.55. The largest absolute Gasteiger partial charge is 0.504 e. The lowest BCUT2D eigenvalue weighted by Crippen LogP contribution is -2.40. The minimum Gasteiger partial charge on any atom is -0.504 e. The van der Waals surface area contributed by atoms with Gasteiger partial charge in [-0.25, -0.2) is 5.43 Å². The first-order valence-corrected chi connectivity index (χ1v) is 5.88. The van der Waals surface area contributed by atoms with Crippen molar-refractivity contribution in [3.63, 3.8) is 0 Å². The quantitative estimate of drug-likeness (QED) is 0.228. The standard InChI is InChI=1S/C12H16N4O5/c1-6(18)15-10-7(2-3-9(19)11(10)20)4-14-16-12(21)8(13)5-17/h2-4,8,17,19-20H,5,13H2,1H3,(H,15,18)(H,16,21)/t8-/m0/s1. The van der Waals surface area contributed by atoms with Crippen molar-refractivity contribution in [1.29, 1.82) is 0 Å². The van der Waals surface area contributed by atoms with Gasteiger partial charge in [0.05, 0.1) is 18.5 Å². The highest BCUT2D eigenvalue weighted by Gasteiger charge is 2.13. The van der Waals surface area contributed by atoms with Gasteiger partial charge in [0.2, 0.25) is 5.91 Å². The van der Waals surface area contributed by atoms with E-state index in [0.717, 1.165) is 6.21 Å². The number of aromatic hydroxyl groups is 2. The van der Waals surface area contributed by atoms with Gasteiger partial charge in [-0.15, -0.1) is 0 Å². The fraction of sp³-hybridized carbons (Fsp3) is 0.250. The molecule has 0 saturated carbocycles. The molecule has 0 unspecified atom stereocenters. The summed E-state index contributed by atoms with van der Waals surface area (Å²) in [5, 5.41) is 33.7. The molecule has 1 atom stereocenters. The second-order valence-corrected chi connectivity index (χ2v) is 4.10. The zero-order valence-electron chi connectivity index (χ0n) is 11.2. The highest BCUT2D eigenvalue weighted by molar-refractivity contribution is 5.99. The number of aliphatic hydroxyl groups is 1. The summed E-state index contributed by atoms with van der Waals surface area (Å²) in [4.78, 5) is 22.4. The minimum atomic E-state index is -1.11. The third kappa shape index (κ3) is 4.44. The van der Waals surface area contributed by atoms with Crippen molar-refractivity contribution >= 4 is 23.7 Å². The van der Waals surface area contributed by atoms with Crippen LogP contribution in [0.3, 0.4) is 0 Å². The van der Waals surface area contributed by atoms with E-state index in [1.54, 1.807) is 0 Å². The number of carbonyl (C=O) groups excluding carboxylic acids is 2. The fourth-order valence-corrected chi connectivity index (χ4v) is 1.34. The third-order valence-electron chi connectivity index (χ3n) is 2.40. The zero-order chi connectivity index (χ0) is 16.0. The van der Waals surface area contributed by atoms with Gasteiger partial charge in [0.1, 0.15) is 6.04 Å². The summed E-state index contributed by atoms with van der Waals surface area (Å²) in [6.07, 6.45) is 1.15. The molecule has 1 aromatic rings. The van der Waals surface area contributed by atoms with Crippen LogP contribution in [0.5, 0.6) is 11.5 Å². The lowest BCUT2D eigenvalue weighted by molar-refractivity contribution is -0.123. The number of phenols is 2. The van der Waals surface area contributed by atoms with Gasteiger partial charge in [-0.1, -0.05) is 0 Å². The monoisotopic (exact) mass is 296 g/mol. The lowest BCUT2D eigenvalue weighted by Gasteiger charge is -2.10. The molecule has 7 N–H and O–H groups in total. The first-order valence-electron chi connectivity index (χ1n) is 5.88. The van der Waals surface area contributed by atoms with E-state index in [4.69, 9.17) is 10.8 Å². The molecular weight excluding hydrogens is 280 g/mol. The van der Waals surface area contributed by atoms with Crippen LogP contribution in [0, 0.1) is 0 Å². The molecule has 0 spiro atoms. The predicted molar refractivity (Wildman–Crippen MR) is 74.9 cm³/mol. The molecule has 114 valence electrons. The van der Waals surface area contributed by atoms with Crippen LogP contribution in [-0.4, -0.2) is 46.0 Å². The van der Waals surface area contributed by atoms with Crippen LogP contribution in [0.1, 0.15) is 12.5 Å². The van der Waals surface area contributed by atoms with Crippen LogP contribution in [0.15, 0.2) is 17.2 Å². The Morgan fingerprint density at radius 3 is 2.67 bits per heavy atom. The molecule has 0 fully saturated rings. The van der Waals surface area contributed by atoms with Crippen molar-refractivity contribution in [1.82, 2.24) is 5.43 Å². The maximum atomic E-state index is 11.3. The number of amides is 2. The van der Waals surface area contributed by atoms with Gasteiger partial charge < -0.3 is 26.4 Å². The predicted octanol–water partition coefficient (Wildman–Crippen LogP) is -1.17. The van der Waals surface area contributed by atoms with E-state index < -0.39 is 36.0 Å². The molecule has 9 heteroatoms. The normalized spacial score (nSPS) is 12.1. The van der Waals surface area contributed by atoms with Gasteiger partial charge in [0.25, 0.3) is 5.91 Å². The zero-order valence-corrected chi connectivity index (χ0v) is 11.2. The van der Waals surface area contributed by atoms with Gasteiger partial charge >= 0.3 is 0 Å². The first-order chi connectivity index (χ1) is 9.86. The molecule has 1 aromatic carbocycles. The second-order valence-electron chi connectivity index (χ2n) is 4.10. The van der Waals surface area contributed by atoms with Gasteiger partial charge in [-0.2, -0.15) is 5.10 Å². The molecule has 1 rings (SSSR count). The Morgan fingerprint density at radius 2 is 2.10 bits per heavy atom. The molecule has 0 aliphatic heterocycles. The Balaban J connectivity index is 2.95. The van der Waals surface area contributed by atoms with E-state index >= 15 is 0 Å². The molecule has 0 radical (unpaired) electrons. The minimum absolute atomic E-state index is 0.0491. The summed E-state index contributed by atoms with van der Waals surface area (Å²) < 4.78 is 0. The number of benzene rings is 1. The highest BCUT2D eigenvalue weighted by atomic mass is 16.3. The van der Waals surface area contributed by atoms with Gasteiger partial charge in [-0.3, -0.25) is 9.59 Å². The average molecular weight is 296 g/mol. The number of hydrogen-bond acceptors (Lipinski definition) is 7. The van der Waals surface area contributed by atoms with E-state index in [-0.39, 0.29) is 11.3 Å². The van der Waals surface area contributed by atoms with E-state index in [1.165, 1.54) is 19.1 Å². The van der Waals surface area contributed by atoms with E-state index in [1.807, 2.05) is 0 Å². The smallest absolute Gasteiger partial charge is 0.259 e. The van der Waals surface area contributed by atoms with Gasteiger partial charge in [0, 0.05) is 12.5 Å². The highest BCUT2D eigenvalue weighted by Crippen LogP contribution is 2.35. The molecule has 2 amide bonds. The summed E-state index contributed by atoms with van der Waals surface area (Å²) in [5.74, 6) is -2.09. The van der Waals surface area contributed by atoms with E-state index in [9.17, 15) is 19.8 Å². The molecule has 9 nitrogen and oxygen atoms in total. The van der Waals surface area contributed by atoms with Crippen LogP contribution in [0.2, 0.25) is 0 Å². The number of nitrogens with two attached hydrogens (primary N) is 1. The molecule has 0 aliphatic rings. The van der Waals surface area contributed by atoms with E-state index in [2.05, 4.69) is 15.8 Å². The number of rotatable bonds is 5. The third-order valence-corrected chi connectivity index (χ3v) is 2.40. The fourth-order valence-electron chi connectivity index (χ4n) is 1.34. The van der Waals surface area contributed by atoms with Crippen LogP contribution in [-0.2, 0) is 9.59 Å². The van der Waals surface area contributed by atoms with Crippen LogP contribution in [0.4, 0.5) is 5.69 Å². The molecule has 0 bridgehead atoms. The van der Waals surface area contributed by atoms with Gasteiger partial charge in [-0.05, 0) is 12.1 Å². The second kappa shape index (κ2) is 7.22. The van der Waals surface area contributed by atoms with Crippen LogP contribution >= 0.6 is 0 Å². The number of carbonyl (C=O) groups is 2. The SMILES string of the molecule is CC(=O)Nc1c(C=NNC(=O)[C@@H](N)CO)ccc(O)c1O. The Hall–Kier alpha value is -2.65. The number of anilines is 1. The van der Waals surface area contributed by atoms with Crippen molar-refractivity contribution < 1.29 is 24.9 Å². The maximum Gasteiger partial charge on any atom is 0.259 e. The number of hydrogen-bond donors (Lipinski definition) is 6. The maximum absolute atomic E-state index is 11.3. The van der Waals surface area contributed by atoms with Crippen LogP contribution in [0.25, 0.3) is 0 Å². The number of phenolic OH excluding ortho intramolecular Hbond substituents is 2. The summed E-state index contributed by atoms with van der Waals surface area (Å²) in [6, 6.07) is 1.47. The topological polar surface area (TPSA) is 157 Å². The Labute approximate surface area is 120 Å². The molecule has 0 aliphatic carbocycles. The molecule has 0 heterocycles. The van der Waals surface area contributed by atoms with Crippen molar-refractivity contribution in [2.24, 2.45) is 10.8 Å². The number of hydrazone groups is 1. The first kappa shape index (κ1) is 16.4. The number of aliphatic hydroxyl groups excluding tert-OH is 1. The van der Waals surface area contributed by atoms with E-state index in [0.29, 0.717) is 0 Å². The summed E-state index contributed by atoms with van der Waals surface area (Å²) in [7, 11) is 0. The summed E-state index contributed by atoms with van der Waals surface area (Å²) >= 11 is 0. The van der Waals surface area contributed by atoms with Gasteiger partial charge in [0.15, 0.2) is 11.5 Å². The number of nitrogens with one attached hydrogen (secondary N) is 2. The molecule has 21 heavy (non-hydrogen) atoms. The molecular formula is C12H16N4O5. The Bertz CT molecular complexity index is 573. The Kier molecular flexibility index (Phi) is 5.64. The van der Waals surface area contributed by atoms with Crippen LogP contribution < -0.4 is 16.5 Å². The molecule has 0 saturated heterocycles. The van der Waals surface area contributed by atoms with Crippen molar-refractivity contribution in [2.75, 3.05) is 11.9 Å². The van der Waals surface area contributed by atoms with Crippen molar-refractivity contribution in [3.05, 3.63) is 17.7 Å². The average Bonchev–Trinajstić information content (AvgIpc) is 2.44. The van der Waals surface area contributed by atoms with Crippen molar-refractivity contribution in [2.45, 2.75) is 13.0 Å². The number of nitrogens with zero attached hydrogens (tertiary/aromatic N) is 1. The van der Waals surface area contributed by atoms with Crippen molar-refractivity contribution in [3.8, 4) is 11.5 Å².